The summed E-state index contributed by atoms with van der Waals surface area (Å²) in [6.07, 6.45) is 3.78. The number of hydrogen-bond donors (Lipinski definition) is 0. The van der Waals surface area contributed by atoms with Gasteiger partial charge in [-0.2, -0.15) is 0 Å². The van der Waals surface area contributed by atoms with E-state index in [1.165, 1.54) is 0 Å². The molecule has 1 saturated heterocycles. The Kier molecular flexibility index (Phi) is 5.02. The van der Waals surface area contributed by atoms with Crippen LogP contribution < -0.4 is 4.74 Å². The zero-order chi connectivity index (χ0) is 21.4. The number of hydrogen-bond acceptors (Lipinski definition) is 4. The van der Waals surface area contributed by atoms with E-state index in [9.17, 15) is 4.79 Å². The molecule has 0 aliphatic carbocycles. The number of carbonyl (C=O) groups excluding carboxylic acids is 1. The number of ether oxygens (including phenoxy) is 1. The topological polar surface area (TPSA) is 50.6 Å². The average Bonchev–Trinajstić information content (AvgIpc) is 3.27. The number of nitrogens with zero attached hydrogens (tertiary/aromatic N) is 4. The van der Waals surface area contributed by atoms with E-state index >= 15 is 0 Å². The third-order valence-electron chi connectivity index (χ3n) is 6.95. The Bertz CT molecular complexity index is 1070. The molecule has 2 aliphatic heterocycles. The lowest BCUT2D eigenvalue weighted by Gasteiger charge is -2.49. The highest BCUT2D eigenvalue weighted by atomic mass is 16.5. The Hall–Kier alpha value is -3.12. The average molecular weight is 417 g/mol. The SMILES string of the molecule is COc1ccc(-c2cnc3n2CCN(C)C32CCN(C(=O)c3ccccc3)CC2)cc1. The third kappa shape index (κ3) is 3.31. The van der Waals surface area contributed by atoms with E-state index in [4.69, 9.17) is 9.72 Å². The van der Waals surface area contributed by atoms with Crippen molar-refractivity contribution in [1.82, 2.24) is 19.4 Å². The molecule has 0 unspecified atom stereocenters. The summed E-state index contributed by atoms with van der Waals surface area (Å²) in [6.45, 7) is 3.37. The molecule has 2 aromatic carbocycles. The van der Waals surface area contributed by atoms with Crippen molar-refractivity contribution in [2.45, 2.75) is 24.9 Å². The van der Waals surface area contributed by atoms with Gasteiger partial charge in [0.2, 0.25) is 0 Å². The third-order valence-corrected chi connectivity index (χ3v) is 6.95. The highest BCUT2D eigenvalue weighted by molar-refractivity contribution is 5.94. The summed E-state index contributed by atoms with van der Waals surface area (Å²) in [6, 6.07) is 17.8. The molecule has 1 amide bonds. The molecule has 2 aliphatic rings. The Morgan fingerprint density at radius 1 is 0.968 bits per heavy atom. The molecule has 0 N–H and O–H groups in total. The van der Waals surface area contributed by atoms with E-state index < -0.39 is 0 Å². The van der Waals surface area contributed by atoms with E-state index in [-0.39, 0.29) is 11.4 Å². The van der Waals surface area contributed by atoms with E-state index in [0.717, 1.165) is 67.4 Å². The maximum atomic E-state index is 12.9. The molecule has 0 radical (unpaired) electrons. The fourth-order valence-electron chi connectivity index (χ4n) is 5.05. The molecule has 160 valence electrons. The summed E-state index contributed by atoms with van der Waals surface area (Å²) in [7, 11) is 3.88. The van der Waals surface area contributed by atoms with Crippen LogP contribution in [0.5, 0.6) is 5.75 Å². The number of aromatic nitrogens is 2. The molecule has 3 heterocycles. The molecule has 3 aromatic rings. The van der Waals surface area contributed by atoms with Crippen LogP contribution in [-0.2, 0) is 12.1 Å². The number of piperidine rings is 1. The predicted octanol–water partition coefficient (Wildman–Crippen LogP) is 3.64. The van der Waals surface area contributed by atoms with E-state index in [0.29, 0.717) is 0 Å². The molecule has 6 heteroatoms. The monoisotopic (exact) mass is 416 g/mol. The fourth-order valence-corrected chi connectivity index (χ4v) is 5.05. The normalized spacial score (nSPS) is 18.1. The van der Waals surface area contributed by atoms with Gasteiger partial charge in [0, 0.05) is 37.3 Å². The molecule has 31 heavy (non-hydrogen) atoms. The number of carbonyl (C=O) groups is 1. The van der Waals surface area contributed by atoms with Gasteiger partial charge in [0.15, 0.2) is 0 Å². The zero-order valence-electron chi connectivity index (χ0n) is 18.1. The molecule has 1 fully saturated rings. The van der Waals surface area contributed by atoms with Crippen molar-refractivity contribution in [2.24, 2.45) is 0 Å². The number of amides is 1. The van der Waals surface area contributed by atoms with Crippen LogP contribution in [0.2, 0.25) is 0 Å². The molecule has 0 saturated carbocycles. The van der Waals surface area contributed by atoms with Gasteiger partial charge in [0.05, 0.1) is 24.5 Å². The second kappa shape index (κ2) is 7.85. The van der Waals surface area contributed by atoms with E-state index in [2.05, 4.69) is 28.6 Å². The van der Waals surface area contributed by atoms with Crippen LogP contribution in [0.25, 0.3) is 11.3 Å². The maximum Gasteiger partial charge on any atom is 0.253 e. The minimum absolute atomic E-state index is 0.121. The van der Waals surface area contributed by atoms with Crippen LogP contribution in [0, 0.1) is 0 Å². The standard InChI is InChI=1S/C25H28N4O2/c1-27-16-17-29-22(19-8-10-21(31-2)11-9-19)18-26-24(29)25(27)12-14-28(15-13-25)23(30)20-6-4-3-5-7-20/h3-11,18H,12-17H2,1-2H3. The number of likely N-dealkylation sites (N-methyl/N-ethyl adjacent to an activating group) is 1. The summed E-state index contributed by atoms with van der Waals surface area (Å²) in [5.41, 5.74) is 2.93. The van der Waals surface area contributed by atoms with Gasteiger partial charge < -0.3 is 14.2 Å². The largest absolute Gasteiger partial charge is 0.497 e. The van der Waals surface area contributed by atoms with Crippen molar-refractivity contribution < 1.29 is 9.53 Å². The fraction of sp³-hybridized carbons (Fsp3) is 0.360. The summed E-state index contributed by atoms with van der Waals surface area (Å²) < 4.78 is 7.67. The molecule has 0 bridgehead atoms. The Labute approximate surface area is 183 Å². The number of likely N-dealkylation sites (tertiary alicyclic amines) is 1. The van der Waals surface area contributed by atoms with Gasteiger partial charge in [-0.1, -0.05) is 18.2 Å². The number of benzene rings is 2. The summed E-state index contributed by atoms with van der Waals surface area (Å²) >= 11 is 0. The van der Waals surface area contributed by atoms with Gasteiger partial charge in [-0.15, -0.1) is 0 Å². The van der Waals surface area contributed by atoms with Crippen LogP contribution in [0.15, 0.2) is 60.8 Å². The number of rotatable bonds is 3. The smallest absolute Gasteiger partial charge is 0.253 e. The zero-order valence-corrected chi connectivity index (χ0v) is 18.1. The first-order valence-corrected chi connectivity index (χ1v) is 10.9. The molecular formula is C25H28N4O2. The molecular weight excluding hydrogens is 388 g/mol. The van der Waals surface area contributed by atoms with Gasteiger partial charge >= 0.3 is 0 Å². The first kappa shape index (κ1) is 19.8. The van der Waals surface area contributed by atoms with Crippen molar-refractivity contribution in [3.05, 3.63) is 72.2 Å². The predicted molar refractivity (Wildman–Crippen MR) is 120 cm³/mol. The number of methoxy groups -OCH3 is 1. The van der Waals surface area contributed by atoms with Gasteiger partial charge in [0.1, 0.15) is 11.6 Å². The van der Waals surface area contributed by atoms with Gasteiger partial charge in [0.25, 0.3) is 5.91 Å². The minimum atomic E-state index is -0.129. The first-order chi connectivity index (χ1) is 15.1. The van der Waals surface area contributed by atoms with Gasteiger partial charge in [-0.05, 0) is 56.3 Å². The molecule has 0 atom stereocenters. The quantitative estimate of drug-likeness (QED) is 0.654. The maximum absolute atomic E-state index is 12.9. The summed E-state index contributed by atoms with van der Waals surface area (Å²) in [5.74, 6) is 2.10. The molecule has 1 spiro atoms. The van der Waals surface area contributed by atoms with Crippen LogP contribution in [0.1, 0.15) is 29.0 Å². The Balaban J connectivity index is 1.41. The highest BCUT2D eigenvalue weighted by Crippen LogP contribution is 2.41. The highest BCUT2D eigenvalue weighted by Gasteiger charge is 2.46. The van der Waals surface area contributed by atoms with Crippen LogP contribution in [0.4, 0.5) is 0 Å². The molecule has 1 aromatic heterocycles. The lowest BCUT2D eigenvalue weighted by atomic mass is 9.83. The van der Waals surface area contributed by atoms with Crippen LogP contribution >= 0.6 is 0 Å². The summed E-state index contributed by atoms with van der Waals surface area (Å²) in [5, 5.41) is 0. The second-order valence-corrected chi connectivity index (χ2v) is 8.46. The number of imidazole rings is 1. The van der Waals surface area contributed by atoms with Crippen LogP contribution in [-0.4, -0.2) is 59.0 Å². The lowest BCUT2D eigenvalue weighted by Crippen LogP contribution is -2.57. The lowest BCUT2D eigenvalue weighted by molar-refractivity contribution is 0.0101. The Morgan fingerprint density at radius 2 is 1.68 bits per heavy atom. The van der Waals surface area contributed by atoms with Crippen LogP contribution in [0.3, 0.4) is 0 Å². The van der Waals surface area contributed by atoms with Crippen molar-refractivity contribution in [1.29, 1.82) is 0 Å². The van der Waals surface area contributed by atoms with Crippen molar-refractivity contribution in [3.8, 4) is 17.0 Å². The second-order valence-electron chi connectivity index (χ2n) is 8.46. The van der Waals surface area contributed by atoms with Gasteiger partial charge in [-0.3, -0.25) is 9.69 Å². The minimum Gasteiger partial charge on any atom is -0.497 e. The first-order valence-electron chi connectivity index (χ1n) is 10.9. The van der Waals surface area contributed by atoms with Gasteiger partial charge in [-0.25, -0.2) is 4.98 Å². The van der Waals surface area contributed by atoms with Crippen molar-refractivity contribution >= 4 is 5.91 Å². The van der Waals surface area contributed by atoms with E-state index in [1.54, 1.807) is 7.11 Å². The van der Waals surface area contributed by atoms with Crippen molar-refractivity contribution in [2.75, 3.05) is 33.8 Å². The molecule has 6 nitrogen and oxygen atoms in total. The number of fused-ring (bicyclic) bond motifs is 2. The van der Waals surface area contributed by atoms with Crippen molar-refractivity contribution in [3.63, 3.8) is 0 Å². The molecule has 5 rings (SSSR count). The summed E-state index contributed by atoms with van der Waals surface area (Å²) in [4.78, 5) is 22.3. The van der Waals surface area contributed by atoms with E-state index in [1.807, 2.05) is 53.6 Å². The Morgan fingerprint density at radius 3 is 2.35 bits per heavy atom.